The number of hydrogen-bond donors (Lipinski definition) is 0. The van der Waals surface area contributed by atoms with Crippen LogP contribution in [0.25, 0.3) is 0 Å². The molecule has 1 saturated heterocycles. The highest BCUT2D eigenvalue weighted by molar-refractivity contribution is 9.09. The summed E-state index contributed by atoms with van der Waals surface area (Å²) < 4.78 is 0. The van der Waals surface area contributed by atoms with Crippen LogP contribution < -0.4 is 0 Å². The lowest BCUT2D eigenvalue weighted by molar-refractivity contribution is -0.128. The third kappa shape index (κ3) is 3.47. The summed E-state index contributed by atoms with van der Waals surface area (Å²) in [6.07, 6.45) is 0.724. The zero-order valence-corrected chi connectivity index (χ0v) is 12.7. The van der Waals surface area contributed by atoms with Crippen molar-refractivity contribution in [3.05, 3.63) is 0 Å². The van der Waals surface area contributed by atoms with E-state index < -0.39 is 0 Å². The molecule has 0 radical (unpaired) electrons. The second kappa shape index (κ2) is 4.67. The summed E-state index contributed by atoms with van der Waals surface area (Å²) in [5.41, 5.74) is 0.408. The minimum Gasteiger partial charge on any atom is -0.342 e. The number of likely N-dealkylation sites (tertiary alicyclic amines) is 1. The molecule has 1 fully saturated rings. The molecular weight excluding hydrogens is 266 g/mol. The van der Waals surface area contributed by atoms with Gasteiger partial charge < -0.3 is 4.90 Å². The Bertz CT molecular complexity index is 268. The van der Waals surface area contributed by atoms with Crippen LogP contribution in [0.15, 0.2) is 0 Å². The quantitative estimate of drug-likeness (QED) is 0.730. The summed E-state index contributed by atoms with van der Waals surface area (Å²) in [4.78, 5) is 14.0. The fourth-order valence-corrected chi connectivity index (χ4v) is 2.24. The van der Waals surface area contributed by atoms with Crippen LogP contribution in [0.1, 0.15) is 41.0 Å². The Hall–Kier alpha value is -0.0500. The van der Waals surface area contributed by atoms with E-state index in [0.717, 1.165) is 24.8 Å². The minimum absolute atomic E-state index is 0.169. The number of rotatable bonds is 3. The molecule has 0 spiro atoms. The van der Waals surface area contributed by atoms with Crippen molar-refractivity contribution in [2.75, 3.05) is 18.4 Å². The van der Waals surface area contributed by atoms with Crippen LogP contribution in [0.2, 0.25) is 0 Å². The van der Waals surface area contributed by atoms with E-state index in [2.05, 4.69) is 50.5 Å². The van der Waals surface area contributed by atoms with E-state index in [9.17, 15) is 4.79 Å². The largest absolute Gasteiger partial charge is 0.342 e. The Balaban J connectivity index is 2.62. The van der Waals surface area contributed by atoms with Crippen molar-refractivity contribution in [1.29, 1.82) is 0 Å². The first kappa shape index (κ1) is 14.0. The average Bonchev–Trinajstić information content (AvgIpc) is 2.47. The summed E-state index contributed by atoms with van der Waals surface area (Å²) in [6, 6.07) is 0. The molecule has 16 heavy (non-hydrogen) atoms. The fraction of sp³-hybridized carbons (Fsp3) is 0.923. The summed E-state index contributed by atoms with van der Waals surface area (Å²) in [5, 5.41) is 0.934. The van der Waals surface area contributed by atoms with Crippen LogP contribution >= 0.6 is 15.9 Å². The summed E-state index contributed by atoms with van der Waals surface area (Å²) in [7, 11) is 0. The van der Waals surface area contributed by atoms with Crippen molar-refractivity contribution >= 4 is 21.8 Å². The SMILES string of the molecule is CC(C)(CBr)CN1CC(C(C)(C)C)CC1=O. The average molecular weight is 290 g/mol. The van der Waals surface area contributed by atoms with Crippen LogP contribution in [-0.2, 0) is 4.79 Å². The van der Waals surface area contributed by atoms with Gasteiger partial charge in [-0.1, -0.05) is 50.5 Å². The number of carbonyl (C=O) groups excluding carboxylic acids is 1. The summed E-state index contributed by atoms with van der Waals surface area (Å²) >= 11 is 3.51. The van der Waals surface area contributed by atoms with Crippen LogP contribution in [0, 0.1) is 16.7 Å². The molecule has 0 bridgehead atoms. The van der Waals surface area contributed by atoms with Gasteiger partial charge in [-0.2, -0.15) is 0 Å². The molecule has 94 valence electrons. The highest BCUT2D eigenvalue weighted by Crippen LogP contribution is 2.35. The third-order valence-electron chi connectivity index (χ3n) is 3.42. The van der Waals surface area contributed by atoms with Crippen molar-refractivity contribution in [3.8, 4) is 0 Å². The Morgan fingerprint density at radius 2 is 1.88 bits per heavy atom. The minimum atomic E-state index is 0.169. The van der Waals surface area contributed by atoms with E-state index in [1.165, 1.54) is 0 Å². The maximum atomic E-state index is 11.9. The van der Waals surface area contributed by atoms with Crippen LogP contribution in [0.4, 0.5) is 0 Å². The van der Waals surface area contributed by atoms with E-state index in [-0.39, 0.29) is 10.8 Å². The number of hydrogen-bond acceptors (Lipinski definition) is 1. The Morgan fingerprint density at radius 1 is 1.31 bits per heavy atom. The molecule has 1 unspecified atom stereocenters. The number of nitrogens with zero attached hydrogens (tertiary/aromatic N) is 1. The molecule has 0 saturated carbocycles. The maximum absolute atomic E-state index is 11.9. The van der Waals surface area contributed by atoms with E-state index in [4.69, 9.17) is 0 Å². The zero-order chi connectivity index (χ0) is 12.6. The van der Waals surface area contributed by atoms with Gasteiger partial charge in [0.1, 0.15) is 0 Å². The second-order valence-corrected chi connectivity index (χ2v) is 7.40. The number of carbonyl (C=O) groups is 1. The molecule has 0 aromatic heterocycles. The normalized spacial score (nSPS) is 23.0. The van der Waals surface area contributed by atoms with Gasteiger partial charge in [-0.25, -0.2) is 0 Å². The fourth-order valence-electron chi connectivity index (χ4n) is 2.06. The molecule has 0 aromatic rings. The maximum Gasteiger partial charge on any atom is 0.222 e. The van der Waals surface area contributed by atoms with Gasteiger partial charge in [-0.05, 0) is 16.7 Å². The molecule has 0 N–H and O–H groups in total. The first-order valence-electron chi connectivity index (χ1n) is 5.99. The van der Waals surface area contributed by atoms with Crippen LogP contribution in [-0.4, -0.2) is 29.2 Å². The van der Waals surface area contributed by atoms with E-state index >= 15 is 0 Å². The predicted octanol–water partition coefficient (Wildman–Crippen LogP) is 3.30. The van der Waals surface area contributed by atoms with Gasteiger partial charge in [0.05, 0.1) is 0 Å². The van der Waals surface area contributed by atoms with Crippen molar-refractivity contribution in [1.82, 2.24) is 4.90 Å². The lowest BCUT2D eigenvalue weighted by atomic mass is 9.80. The van der Waals surface area contributed by atoms with Crippen LogP contribution in [0.3, 0.4) is 0 Å². The number of halogens is 1. The molecule has 3 heteroatoms. The molecule has 1 rings (SSSR count). The zero-order valence-electron chi connectivity index (χ0n) is 11.1. The second-order valence-electron chi connectivity index (χ2n) is 6.84. The monoisotopic (exact) mass is 289 g/mol. The predicted molar refractivity (Wildman–Crippen MR) is 71.7 cm³/mol. The van der Waals surface area contributed by atoms with Gasteiger partial charge in [-0.3, -0.25) is 4.79 Å². The molecule has 1 heterocycles. The van der Waals surface area contributed by atoms with E-state index in [1.807, 2.05) is 4.90 Å². The molecule has 2 nitrogen and oxygen atoms in total. The first-order valence-corrected chi connectivity index (χ1v) is 7.11. The molecule has 1 atom stereocenters. The molecule has 0 aliphatic carbocycles. The van der Waals surface area contributed by atoms with Gasteiger partial charge in [-0.15, -0.1) is 0 Å². The van der Waals surface area contributed by atoms with Gasteiger partial charge in [0.2, 0.25) is 5.91 Å². The van der Waals surface area contributed by atoms with Gasteiger partial charge in [0.15, 0.2) is 0 Å². The first-order chi connectivity index (χ1) is 7.15. The molecule has 1 aliphatic rings. The topological polar surface area (TPSA) is 20.3 Å². The van der Waals surface area contributed by atoms with Crippen LogP contribution in [0.5, 0.6) is 0 Å². The number of alkyl halides is 1. The van der Waals surface area contributed by atoms with E-state index in [0.29, 0.717) is 11.8 Å². The van der Waals surface area contributed by atoms with Gasteiger partial charge >= 0.3 is 0 Å². The third-order valence-corrected chi connectivity index (χ3v) is 4.94. The molecule has 1 amide bonds. The highest BCUT2D eigenvalue weighted by Gasteiger charge is 2.38. The van der Waals surface area contributed by atoms with Crippen molar-refractivity contribution < 1.29 is 4.79 Å². The van der Waals surface area contributed by atoms with Crippen molar-refractivity contribution in [2.45, 2.75) is 41.0 Å². The Morgan fingerprint density at radius 3 is 2.25 bits per heavy atom. The highest BCUT2D eigenvalue weighted by atomic mass is 79.9. The van der Waals surface area contributed by atoms with Crippen molar-refractivity contribution in [3.63, 3.8) is 0 Å². The Labute approximate surface area is 108 Å². The number of amides is 1. The van der Waals surface area contributed by atoms with E-state index in [1.54, 1.807) is 0 Å². The summed E-state index contributed by atoms with van der Waals surface area (Å²) in [5.74, 6) is 0.833. The smallest absolute Gasteiger partial charge is 0.222 e. The van der Waals surface area contributed by atoms with Gasteiger partial charge in [0.25, 0.3) is 0 Å². The molecular formula is C13H24BrNO. The summed E-state index contributed by atoms with van der Waals surface area (Å²) in [6.45, 7) is 12.9. The van der Waals surface area contributed by atoms with Crippen molar-refractivity contribution in [2.24, 2.45) is 16.7 Å². The standard InChI is InChI=1S/C13H24BrNO/c1-12(2,3)10-6-11(16)15(7-10)9-13(4,5)8-14/h10H,6-9H2,1-5H3. The lowest BCUT2D eigenvalue weighted by Crippen LogP contribution is -2.37. The van der Waals surface area contributed by atoms with Gasteiger partial charge in [0, 0.05) is 24.8 Å². The molecule has 1 aliphatic heterocycles. The Kier molecular flexibility index (Phi) is 4.09. The molecule has 0 aromatic carbocycles. The lowest BCUT2D eigenvalue weighted by Gasteiger charge is -2.30.